The van der Waals surface area contributed by atoms with Crippen LogP contribution in [-0.2, 0) is 24.1 Å². The van der Waals surface area contributed by atoms with Crippen molar-refractivity contribution in [2.45, 2.75) is 24.7 Å². The van der Waals surface area contributed by atoms with Crippen LogP contribution in [0.25, 0.3) is 0 Å². The smallest absolute Gasteiger partial charge is 0.302 e. The maximum atomic E-state index is 13.1. The molecule has 8 heteroatoms. The minimum Gasteiger partial charge on any atom is -0.302 e. The van der Waals surface area contributed by atoms with Gasteiger partial charge in [-0.2, -0.15) is 4.31 Å². The highest BCUT2D eigenvalue weighted by Gasteiger charge is 2.45. The van der Waals surface area contributed by atoms with Crippen molar-refractivity contribution in [3.63, 3.8) is 0 Å². The number of aryl methyl sites for hydroxylation is 1. The summed E-state index contributed by atoms with van der Waals surface area (Å²) >= 11 is 0. The molecule has 0 spiro atoms. The number of nitrogens with zero attached hydrogens (tertiary/aromatic N) is 3. The van der Waals surface area contributed by atoms with E-state index >= 15 is 0 Å². The van der Waals surface area contributed by atoms with Gasteiger partial charge in [0.25, 0.3) is 5.56 Å². The Hall–Kier alpha value is -2.19. The van der Waals surface area contributed by atoms with E-state index in [0.717, 1.165) is 20.9 Å². The number of aromatic nitrogens is 2. The molecule has 1 aromatic heterocycles. The largest absolute Gasteiger partial charge is 0.330 e. The third-order valence-electron chi connectivity index (χ3n) is 5.15. The Morgan fingerprint density at radius 3 is 2.31 bits per heavy atom. The summed E-state index contributed by atoms with van der Waals surface area (Å²) in [5.74, 6) is 0.0230. The second kappa shape index (κ2) is 6.21. The average Bonchev–Trinajstić information content (AvgIpc) is 2.93. The van der Waals surface area contributed by atoms with Crippen LogP contribution in [0.3, 0.4) is 0 Å². The van der Waals surface area contributed by atoms with Gasteiger partial charge in [0.05, 0.1) is 0 Å². The van der Waals surface area contributed by atoms with Gasteiger partial charge in [-0.25, -0.2) is 13.2 Å². The molecule has 1 fully saturated rings. The molecule has 0 bridgehead atoms. The molecule has 3 rings (SSSR count). The van der Waals surface area contributed by atoms with Crippen LogP contribution in [0.5, 0.6) is 0 Å². The maximum absolute atomic E-state index is 13.1. The number of sulfonamides is 1. The lowest BCUT2D eigenvalue weighted by atomic mass is 9.78. The lowest BCUT2D eigenvalue weighted by molar-refractivity contribution is 0.346. The molecule has 0 unspecified atom stereocenters. The summed E-state index contributed by atoms with van der Waals surface area (Å²) in [6, 6.07) is 9.78. The van der Waals surface area contributed by atoms with E-state index in [4.69, 9.17) is 0 Å². The standard InChI is InChI=1S/C18H23N3O4S/c1-18(2)12-21(10-14(18)13-8-6-5-7-9-13)26(24,25)15-11-19(3)17(23)20(4)16(15)22/h5-9,11,14H,10,12H2,1-4H3/t14-/m0/s1. The molecule has 26 heavy (non-hydrogen) atoms. The zero-order valence-electron chi connectivity index (χ0n) is 15.3. The molecule has 1 saturated heterocycles. The minimum atomic E-state index is -4.00. The summed E-state index contributed by atoms with van der Waals surface area (Å²) in [6.07, 6.45) is 1.11. The molecule has 0 saturated carbocycles. The molecule has 0 radical (unpaired) electrons. The van der Waals surface area contributed by atoms with Gasteiger partial charge in [0.15, 0.2) is 4.90 Å². The SMILES string of the molecule is Cn1cc(S(=O)(=O)N2C[C@@H](c3ccccc3)C(C)(C)C2)c(=O)n(C)c1=O. The van der Waals surface area contributed by atoms with Crippen molar-refractivity contribution in [2.24, 2.45) is 19.5 Å². The molecule has 1 aromatic carbocycles. The highest BCUT2D eigenvalue weighted by molar-refractivity contribution is 7.89. The summed E-state index contributed by atoms with van der Waals surface area (Å²) in [5, 5.41) is 0. The van der Waals surface area contributed by atoms with Crippen LogP contribution in [-0.4, -0.2) is 34.9 Å². The monoisotopic (exact) mass is 377 g/mol. The van der Waals surface area contributed by atoms with Gasteiger partial charge in [0, 0.05) is 39.3 Å². The van der Waals surface area contributed by atoms with Gasteiger partial charge in [0.1, 0.15) is 0 Å². The van der Waals surface area contributed by atoms with Gasteiger partial charge in [-0.1, -0.05) is 44.2 Å². The van der Waals surface area contributed by atoms with Crippen LogP contribution in [0.1, 0.15) is 25.3 Å². The van der Waals surface area contributed by atoms with Crippen molar-refractivity contribution in [1.82, 2.24) is 13.4 Å². The maximum Gasteiger partial charge on any atom is 0.330 e. The molecule has 0 amide bonds. The van der Waals surface area contributed by atoms with Crippen LogP contribution >= 0.6 is 0 Å². The van der Waals surface area contributed by atoms with Crippen molar-refractivity contribution in [3.8, 4) is 0 Å². The fourth-order valence-corrected chi connectivity index (χ4v) is 5.37. The molecular weight excluding hydrogens is 354 g/mol. The molecule has 0 N–H and O–H groups in total. The summed E-state index contributed by atoms with van der Waals surface area (Å²) in [7, 11) is -1.29. The molecule has 7 nitrogen and oxygen atoms in total. The number of benzene rings is 1. The first-order chi connectivity index (χ1) is 12.1. The quantitative estimate of drug-likeness (QED) is 0.796. The van der Waals surface area contributed by atoms with Crippen molar-refractivity contribution in [3.05, 3.63) is 62.9 Å². The van der Waals surface area contributed by atoms with E-state index in [1.54, 1.807) is 0 Å². The first-order valence-corrected chi connectivity index (χ1v) is 9.81. The lowest BCUT2D eigenvalue weighted by Gasteiger charge is -2.25. The van der Waals surface area contributed by atoms with E-state index in [1.807, 2.05) is 44.2 Å². The Kier molecular flexibility index (Phi) is 4.44. The fraction of sp³-hybridized carbons (Fsp3) is 0.444. The van der Waals surface area contributed by atoms with E-state index in [0.29, 0.717) is 13.1 Å². The third-order valence-corrected chi connectivity index (χ3v) is 6.94. The Labute approximate surface area is 152 Å². The van der Waals surface area contributed by atoms with Crippen molar-refractivity contribution in [2.75, 3.05) is 13.1 Å². The van der Waals surface area contributed by atoms with Crippen molar-refractivity contribution in [1.29, 1.82) is 0 Å². The minimum absolute atomic E-state index is 0.0230. The summed E-state index contributed by atoms with van der Waals surface area (Å²) in [4.78, 5) is 23.9. The van der Waals surface area contributed by atoms with Gasteiger partial charge in [-0.15, -0.1) is 0 Å². The zero-order chi connectivity index (χ0) is 19.3. The van der Waals surface area contributed by atoms with Gasteiger partial charge in [0.2, 0.25) is 10.0 Å². The second-order valence-corrected chi connectivity index (χ2v) is 9.41. The normalized spacial score (nSPS) is 20.4. The van der Waals surface area contributed by atoms with E-state index < -0.39 is 21.3 Å². The highest BCUT2D eigenvalue weighted by Crippen LogP contribution is 2.43. The van der Waals surface area contributed by atoms with E-state index in [-0.39, 0.29) is 16.2 Å². The molecule has 2 aromatic rings. The molecule has 0 aliphatic carbocycles. The Balaban J connectivity index is 2.05. The molecular formula is C18H23N3O4S. The predicted molar refractivity (Wildman–Crippen MR) is 98.6 cm³/mol. The fourth-order valence-electron chi connectivity index (χ4n) is 3.60. The van der Waals surface area contributed by atoms with Crippen LogP contribution in [0.15, 0.2) is 51.0 Å². The zero-order valence-corrected chi connectivity index (χ0v) is 16.2. The number of hydrogen-bond donors (Lipinski definition) is 0. The van der Waals surface area contributed by atoms with E-state index in [2.05, 4.69) is 0 Å². The predicted octanol–water partition coefficient (Wildman–Crippen LogP) is 0.898. The highest BCUT2D eigenvalue weighted by atomic mass is 32.2. The summed E-state index contributed by atoms with van der Waals surface area (Å²) in [5.41, 5.74) is -0.559. The number of hydrogen-bond acceptors (Lipinski definition) is 4. The van der Waals surface area contributed by atoms with Crippen molar-refractivity contribution >= 4 is 10.0 Å². The first-order valence-electron chi connectivity index (χ1n) is 8.37. The lowest BCUT2D eigenvalue weighted by Crippen LogP contribution is -2.42. The van der Waals surface area contributed by atoms with E-state index in [9.17, 15) is 18.0 Å². The summed E-state index contributed by atoms with van der Waals surface area (Å²) < 4.78 is 29.6. The molecule has 1 atom stereocenters. The van der Waals surface area contributed by atoms with Gasteiger partial charge >= 0.3 is 5.69 Å². The van der Waals surface area contributed by atoms with Crippen LogP contribution < -0.4 is 11.2 Å². The van der Waals surface area contributed by atoms with Crippen LogP contribution in [0.4, 0.5) is 0 Å². The molecule has 2 heterocycles. The molecule has 140 valence electrons. The Bertz CT molecular complexity index is 1050. The Morgan fingerprint density at radius 2 is 1.69 bits per heavy atom. The molecule has 1 aliphatic heterocycles. The van der Waals surface area contributed by atoms with Gasteiger partial charge in [-0.05, 0) is 11.0 Å². The topological polar surface area (TPSA) is 81.4 Å². The van der Waals surface area contributed by atoms with Gasteiger partial charge < -0.3 is 4.57 Å². The second-order valence-electron chi connectivity index (χ2n) is 7.50. The van der Waals surface area contributed by atoms with Crippen LogP contribution in [0, 0.1) is 5.41 Å². The number of rotatable bonds is 3. The van der Waals surface area contributed by atoms with E-state index in [1.165, 1.54) is 18.4 Å². The first kappa shape index (κ1) is 18.6. The molecule has 1 aliphatic rings. The van der Waals surface area contributed by atoms with Crippen molar-refractivity contribution < 1.29 is 8.42 Å². The van der Waals surface area contributed by atoms with Gasteiger partial charge in [-0.3, -0.25) is 9.36 Å². The van der Waals surface area contributed by atoms with Crippen LogP contribution in [0.2, 0.25) is 0 Å². The average molecular weight is 377 g/mol. The Morgan fingerprint density at radius 1 is 1.08 bits per heavy atom. The summed E-state index contributed by atoms with van der Waals surface area (Å²) in [6.45, 7) is 4.66. The third kappa shape index (κ3) is 2.93.